The molecule has 0 spiro atoms. The van der Waals surface area contributed by atoms with Gasteiger partial charge in [-0.2, -0.15) is 0 Å². The number of carbonyl (C=O) groups excluding carboxylic acids is 1. The van der Waals surface area contributed by atoms with Gasteiger partial charge >= 0.3 is 6.03 Å². The SMILES string of the molecule is O=C(Nc1ccc(F)cc1)N1CCc2onc(COc3cccnc3)c2C1. The Morgan fingerprint density at radius 3 is 2.93 bits per heavy atom. The third-order valence-electron chi connectivity index (χ3n) is 4.30. The number of amides is 2. The van der Waals surface area contributed by atoms with Crippen molar-refractivity contribution in [2.75, 3.05) is 11.9 Å². The molecule has 138 valence electrons. The summed E-state index contributed by atoms with van der Waals surface area (Å²) in [6.07, 6.45) is 3.86. The lowest BCUT2D eigenvalue weighted by Gasteiger charge is -2.26. The Bertz CT molecular complexity index is 928. The molecule has 0 atom stereocenters. The van der Waals surface area contributed by atoms with Crippen molar-refractivity contribution in [3.63, 3.8) is 0 Å². The molecular formula is C19H17FN4O3. The van der Waals surface area contributed by atoms with E-state index in [0.717, 1.165) is 11.3 Å². The van der Waals surface area contributed by atoms with Gasteiger partial charge in [0.15, 0.2) is 0 Å². The van der Waals surface area contributed by atoms with Gasteiger partial charge in [0.2, 0.25) is 0 Å². The standard InChI is InChI=1S/C19H17FN4O3/c20-13-3-5-14(6-4-13)22-19(25)24-9-7-18-16(11-24)17(23-27-18)12-26-15-2-1-8-21-10-15/h1-6,8,10H,7,9,11-12H2,(H,22,25). The maximum atomic E-state index is 13.0. The zero-order valence-corrected chi connectivity index (χ0v) is 14.4. The summed E-state index contributed by atoms with van der Waals surface area (Å²) in [6, 6.07) is 8.99. The number of fused-ring (bicyclic) bond motifs is 1. The minimum Gasteiger partial charge on any atom is -0.486 e. The summed E-state index contributed by atoms with van der Waals surface area (Å²) in [5, 5.41) is 6.85. The number of urea groups is 1. The van der Waals surface area contributed by atoms with Gasteiger partial charge in [0.25, 0.3) is 0 Å². The Morgan fingerprint density at radius 1 is 1.30 bits per heavy atom. The fraction of sp³-hybridized carbons (Fsp3) is 0.211. The third-order valence-corrected chi connectivity index (χ3v) is 4.30. The lowest BCUT2D eigenvalue weighted by atomic mass is 10.1. The fourth-order valence-electron chi connectivity index (χ4n) is 2.87. The van der Waals surface area contributed by atoms with E-state index in [-0.39, 0.29) is 18.5 Å². The fourth-order valence-corrected chi connectivity index (χ4v) is 2.87. The first-order valence-corrected chi connectivity index (χ1v) is 8.49. The molecule has 1 aromatic carbocycles. The molecule has 1 aliphatic heterocycles. The maximum Gasteiger partial charge on any atom is 0.322 e. The van der Waals surface area contributed by atoms with Crippen LogP contribution in [0.4, 0.5) is 14.9 Å². The predicted octanol–water partition coefficient (Wildman–Crippen LogP) is 3.38. The number of hydrogen-bond acceptors (Lipinski definition) is 5. The van der Waals surface area contributed by atoms with Crippen molar-refractivity contribution in [1.29, 1.82) is 0 Å². The van der Waals surface area contributed by atoms with Crippen molar-refractivity contribution in [2.45, 2.75) is 19.6 Å². The van der Waals surface area contributed by atoms with Crippen LogP contribution in [0.3, 0.4) is 0 Å². The number of hydrogen-bond donors (Lipinski definition) is 1. The molecule has 3 aromatic rings. The van der Waals surface area contributed by atoms with Crippen molar-refractivity contribution in [1.82, 2.24) is 15.0 Å². The molecule has 0 unspecified atom stereocenters. The van der Waals surface area contributed by atoms with E-state index in [9.17, 15) is 9.18 Å². The number of rotatable bonds is 4. The number of anilines is 1. The van der Waals surface area contributed by atoms with Gasteiger partial charge in [-0.3, -0.25) is 4.98 Å². The van der Waals surface area contributed by atoms with Crippen LogP contribution >= 0.6 is 0 Å². The second-order valence-electron chi connectivity index (χ2n) is 6.12. The highest BCUT2D eigenvalue weighted by Gasteiger charge is 2.27. The Morgan fingerprint density at radius 2 is 2.15 bits per heavy atom. The van der Waals surface area contributed by atoms with Gasteiger partial charge in [0.1, 0.15) is 29.6 Å². The van der Waals surface area contributed by atoms with E-state index in [1.165, 1.54) is 24.3 Å². The average molecular weight is 368 g/mol. The van der Waals surface area contributed by atoms with Gasteiger partial charge in [-0.25, -0.2) is 9.18 Å². The van der Waals surface area contributed by atoms with Crippen LogP contribution in [0.25, 0.3) is 0 Å². The maximum absolute atomic E-state index is 13.0. The summed E-state index contributed by atoms with van der Waals surface area (Å²) in [5.41, 5.74) is 2.06. The number of carbonyl (C=O) groups is 1. The Kier molecular flexibility index (Phi) is 4.69. The smallest absolute Gasteiger partial charge is 0.322 e. The third kappa shape index (κ3) is 3.89. The monoisotopic (exact) mass is 368 g/mol. The molecule has 0 aliphatic carbocycles. The van der Waals surface area contributed by atoms with E-state index in [2.05, 4.69) is 15.5 Å². The Labute approximate surface area is 154 Å². The number of halogens is 1. The van der Waals surface area contributed by atoms with E-state index in [1.54, 1.807) is 23.4 Å². The molecule has 4 rings (SSSR count). The van der Waals surface area contributed by atoms with Crippen molar-refractivity contribution in [3.8, 4) is 5.75 Å². The molecule has 1 N–H and O–H groups in total. The summed E-state index contributed by atoms with van der Waals surface area (Å²) >= 11 is 0. The van der Waals surface area contributed by atoms with Gasteiger partial charge in [-0.05, 0) is 36.4 Å². The normalized spacial score (nSPS) is 13.1. The molecule has 7 nitrogen and oxygen atoms in total. The quantitative estimate of drug-likeness (QED) is 0.764. The van der Waals surface area contributed by atoms with Crippen molar-refractivity contribution in [3.05, 3.63) is 71.6 Å². The van der Waals surface area contributed by atoms with Crippen molar-refractivity contribution in [2.24, 2.45) is 0 Å². The van der Waals surface area contributed by atoms with Crippen molar-refractivity contribution < 1.29 is 18.4 Å². The molecule has 3 heterocycles. The number of benzene rings is 1. The van der Waals surface area contributed by atoms with Gasteiger partial charge in [0, 0.05) is 30.4 Å². The molecule has 0 saturated carbocycles. The first-order valence-electron chi connectivity index (χ1n) is 8.49. The predicted molar refractivity (Wildman–Crippen MR) is 94.6 cm³/mol. The Balaban J connectivity index is 1.42. The summed E-state index contributed by atoms with van der Waals surface area (Å²) in [7, 11) is 0. The minimum absolute atomic E-state index is 0.234. The summed E-state index contributed by atoms with van der Waals surface area (Å²) in [6.45, 7) is 1.12. The first-order chi connectivity index (χ1) is 13.2. The van der Waals surface area contributed by atoms with Crippen LogP contribution in [0, 0.1) is 5.82 Å². The molecule has 27 heavy (non-hydrogen) atoms. The van der Waals surface area contributed by atoms with Gasteiger partial charge in [-0.15, -0.1) is 0 Å². The van der Waals surface area contributed by atoms with Crippen LogP contribution in [0.2, 0.25) is 0 Å². The highest BCUT2D eigenvalue weighted by molar-refractivity contribution is 5.89. The van der Waals surface area contributed by atoms with Gasteiger partial charge < -0.3 is 19.5 Å². The summed E-state index contributed by atoms with van der Waals surface area (Å²) in [4.78, 5) is 18.2. The van der Waals surface area contributed by atoms with Crippen LogP contribution in [-0.2, 0) is 19.6 Å². The molecular weight excluding hydrogens is 351 g/mol. The van der Waals surface area contributed by atoms with E-state index in [4.69, 9.17) is 9.26 Å². The lowest BCUT2D eigenvalue weighted by Crippen LogP contribution is -2.38. The van der Waals surface area contributed by atoms with Crippen LogP contribution in [-0.4, -0.2) is 27.6 Å². The number of aromatic nitrogens is 2. The Hall–Kier alpha value is -3.42. The minimum atomic E-state index is -0.349. The van der Waals surface area contributed by atoms with E-state index in [1.807, 2.05) is 6.07 Å². The average Bonchev–Trinajstić information content (AvgIpc) is 3.11. The van der Waals surface area contributed by atoms with E-state index in [0.29, 0.717) is 36.6 Å². The van der Waals surface area contributed by atoms with Crippen LogP contribution in [0.5, 0.6) is 5.75 Å². The highest BCUT2D eigenvalue weighted by Crippen LogP contribution is 2.24. The molecule has 0 bridgehead atoms. The first kappa shape index (κ1) is 17.0. The molecule has 0 radical (unpaired) electrons. The number of ether oxygens (including phenoxy) is 1. The molecule has 1 aliphatic rings. The van der Waals surface area contributed by atoms with Crippen molar-refractivity contribution >= 4 is 11.7 Å². The molecule has 0 saturated heterocycles. The number of nitrogens with one attached hydrogen (secondary N) is 1. The van der Waals surface area contributed by atoms with Gasteiger partial charge in [0.05, 0.1) is 12.7 Å². The number of pyridine rings is 1. The second-order valence-corrected chi connectivity index (χ2v) is 6.12. The highest BCUT2D eigenvalue weighted by atomic mass is 19.1. The summed E-state index contributed by atoms with van der Waals surface area (Å²) in [5.74, 6) is 1.06. The van der Waals surface area contributed by atoms with E-state index < -0.39 is 0 Å². The van der Waals surface area contributed by atoms with E-state index >= 15 is 0 Å². The topological polar surface area (TPSA) is 80.5 Å². The molecule has 2 amide bonds. The molecule has 8 heteroatoms. The molecule has 2 aromatic heterocycles. The largest absolute Gasteiger partial charge is 0.486 e. The second kappa shape index (κ2) is 7.45. The van der Waals surface area contributed by atoms with Gasteiger partial charge in [-0.1, -0.05) is 5.16 Å². The lowest BCUT2D eigenvalue weighted by molar-refractivity contribution is 0.202. The molecule has 0 fully saturated rings. The number of nitrogens with zero attached hydrogens (tertiary/aromatic N) is 3. The van der Waals surface area contributed by atoms with Crippen LogP contribution in [0.15, 0.2) is 53.3 Å². The van der Waals surface area contributed by atoms with Crippen LogP contribution in [0.1, 0.15) is 17.0 Å². The summed E-state index contributed by atoms with van der Waals surface area (Å²) < 4.78 is 24.1. The van der Waals surface area contributed by atoms with Crippen LogP contribution < -0.4 is 10.1 Å². The zero-order valence-electron chi connectivity index (χ0n) is 14.4. The zero-order chi connectivity index (χ0) is 18.6.